The summed E-state index contributed by atoms with van der Waals surface area (Å²) in [5.74, 6) is -7.01. The lowest BCUT2D eigenvalue weighted by Gasteiger charge is -2.25. The van der Waals surface area contributed by atoms with Crippen molar-refractivity contribution in [2.45, 2.75) is 121 Å². The second kappa shape index (κ2) is 23.0. The number of carboxylic acid groups (broad SMARTS) is 2. The summed E-state index contributed by atoms with van der Waals surface area (Å²) in [5, 5.41) is 32.7. The van der Waals surface area contributed by atoms with Crippen molar-refractivity contribution in [3.63, 3.8) is 0 Å². The number of amides is 6. The number of nitrogens with two attached hydrogens (primary N) is 3. The fraction of sp³-hybridized carbons (Fsp3) is 0.724. The Balaban J connectivity index is 5.62. The molecule has 0 aliphatic heterocycles. The number of rotatable bonds is 24. The van der Waals surface area contributed by atoms with Gasteiger partial charge in [0.15, 0.2) is 0 Å². The van der Waals surface area contributed by atoms with E-state index in [1.54, 1.807) is 0 Å². The molecule has 48 heavy (non-hydrogen) atoms. The lowest BCUT2D eigenvalue weighted by Crippen LogP contribution is -2.58. The minimum atomic E-state index is -1.30. The summed E-state index contributed by atoms with van der Waals surface area (Å²) in [6, 6.07) is -8.18. The molecule has 0 aliphatic rings. The number of hydrogen-bond acceptors (Lipinski definition) is 11. The van der Waals surface area contributed by atoms with Crippen LogP contribution in [-0.4, -0.2) is 113 Å². The van der Waals surface area contributed by atoms with Crippen LogP contribution in [0.4, 0.5) is 0 Å². The summed E-state index contributed by atoms with van der Waals surface area (Å²) in [7, 11) is 0. The molecule has 0 bridgehead atoms. The van der Waals surface area contributed by atoms with E-state index in [0.29, 0.717) is 38.8 Å². The first-order chi connectivity index (χ1) is 22.4. The van der Waals surface area contributed by atoms with Crippen molar-refractivity contribution >= 4 is 47.4 Å². The largest absolute Gasteiger partial charge is 0.481 e. The zero-order chi connectivity index (χ0) is 37.0. The molecule has 19 heteroatoms. The van der Waals surface area contributed by atoms with Gasteiger partial charge in [-0.1, -0.05) is 0 Å². The van der Waals surface area contributed by atoms with Gasteiger partial charge in [-0.15, -0.1) is 0 Å². The normalized spacial score (nSPS) is 15.2. The highest BCUT2D eigenvalue weighted by Gasteiger charge is 2.31. The fourth-order valence-corrected chi connectivity index (χ4v) is 4.09. The molecule has 19 nitrogen and oxygen atoms in total. The number of hydrogen-bond donors (Lipinski definition) is 11. The molecule has 0 aliphatic carbocycles. The van der Waals surface area contributed by atoms with E-state index in [1.807, 2.05) is 0 Å². The average molecular weight is 688 g/mol. The molecule has 0 heterocycles. The number of carbonyl (C=O) groups excluding carboxylic acids is 6. The van der Waals surface area contributed by atoms with Crippen molar-refractivity contribution in [1.82, 2.24) is 31.9 Å². The van der Waals surface area contributed by atoms with Gasteiger partial charge in [0.1, 0.15) is 36.3 Å². The zero-order valence-electron chi connectivity index (χ0n) is 28.0. The van der Waals surface area contributed by atoms with Gasteiger partial charge in [0.2, 0.25) is 35.4 Å². The first-order valence-electron chi connectivity index (χ1n) is 15.9. The Morgan fingerprint density at radius 2 is 0.854 bits per heavy atom. The maximum atomic E-state index is 13.2. The Labute approximate surface area is 279 Å². The highest BCUT2D eigenvalue weighted by atomic mass is 16.4. The van der Waals surface area contributed by atoms with Gasteiger partial charge < -0.3 is 59.3 Å². The van der Waals surface area contributed by atoms with Crippen molar-refractivity contribution in [3.05, 3.63) is 0 Å². The van der Waals surface area contributed by atoms with Gasteiger partial charge >= 0.3 is 11.9 Å². The van der Waals surface area contributed by atoms with E-state index < -0.39 is 96.1 Å². The maximum absolute atomic E-state index is 13.2. The predicted octanol–water partition coefficient (Wildman–Crippen LogP) is -3.49. The number of aliphatic carboxylic acids is 2. The van der Waals surface area contributed by atoms with E-state index in [-0.39, 0.29) is 19.3 Å². The summed E-state index contributed by atoms with van der Waals surface area (Å²) < 4.78 is 0. The quantitative estimate of drug-likeness (QED) is 0.0440. The summed E-state index contributed by atoms with van der Waals surface area (Å²) in [5.41, 5.74) is 16.6. The lowest BCUT2D eigenvalue weighted by molar-refractivity contribution is -0.142. The average Bonchev–Trinajstić information content (AvgIpc) is 3.01. The number of carboxylic acids is 2. The molecule has 6 amide bonds. The molecular weight excluding hydrogens is 634 g/mol. The van der Waals surface area contributed by atoms with Crippen LogP contribution in [0.2, 0.25) is 0 Å². The Morgan fingerprint density at radius 1 is 0.500 bits per heavy atom. The Kier molecular flexibility index (Phi) is 21.0. The molecule has 0 unspecified atom stereocenters. The van der Waals surface area contributed by atoms with E-state index >= 15 is 0 Å². The van der Waals surface area contributed by atoms with Gasteiger partial charge in [-0.3, -0.25) is 38.4 Å². The van der Waals surface area contributed by atoms with Gasteiger partial charge in [0.25, 0.3) is 0 Å². The van der Waals surface area contributed by atoms with Crippen LogP contribution in [0, 0.1) is 0 Å². The van der Waals surface area contributed by atoms with Crippen molar-refractivity contribution < 1.29 is 48.6 Å². The number of nitrogens with one attached hydrogen (secondary N) is 6. The van der Waals surface area contributed by atoms with Gasteiger partial charge in [-0.25, -0.2) is 0 Å². The third kappa shape index (κ3) is 17.5. The van der Waals surface area contributed by atoms with Crippen LogP contribution in [0.3, 0.4) is 0 Å². The number of unbranched alkanes of at least 4 members (excludes halogenated alkanes) is 2. The second-order valence-corrected chi connectivity index (χ2v) is 11.5. The van der Waals surface area contributed by atoms with Crippen LogP contribution >= 0.6 is 0 Å². The van der Waals surface area contributed by atoms with Crippen molar-refractivity contribution in [2.24, 2.45) is 17.2 Å². The third-order valence-electron chi connectivity index (χ3n) is 7.09. The molecule has 274 valence electrons. The maximum Gasteiger partial charge on any atom is 0.325 e. The zero-order valence-corrected chi connectivity index (χ0v) is 28.0. The standard InChI is InChI=1S/C29H53N9O10/c1-15(32)23(41)36-21(11-12-22(39)40)28(46)34-17(3)25(43)37-19(9-5-7-13-30)26(44)33-16(2)24(42)38-20(10-6-8-14-31)27(45)35-18(4)29(47)48/h15-21H,5-14,30-32H2,1-4H3,(H,33,44)(H,34,46)(H,35,45)(H,36,41)(H,37,43)(H,38,42)(H,39,40)(H,47,48)/t15-,16-,17-,18-,19-,20-,21-/m0/s1. The van der Waals surface area contributed by atoms with Crippen LogP contribution in [0.15, 0.2) is 0 Å². The molecule has 0 aromatic heterocycles. The molecule has 0 saturated carbocycles. The molecular formula is C29H53N9O10. The molecule has 0 rings (SSSR count). The van der Waals surface area contributed by atoms with E-state index in [0.717, 1.165) is 0 Å². The van der Waals surface area contributed by atoms with Crippen molar-refractivity contribution in [3.8, 4) is 0 Å². The van der Waals surface area contributed by atoms with E-state index in [9.17, 15) is 38.4 Å². The minimum absolute atomic E-state index is 0.118. The van der Waals surface area contributed by atoms with Crippen molar-refractivity contribution in [1.29, 1.82) is 0 Å². The lowest BCUT2D eigenvalue weighted by atomic mass is 10.1. The van der Waals surface area contributed by atoms with E-state index in [1.165, 1.54) is 27.7 Å². The fourth-order valence-electron chi connectivity index (χ4n) is 4.09. The monoisotopic (exact) mass is 687 g/mol. The van der Waals surface area contributed by atoms with Crippen LogP contribution in [0.5, 0.6) is 0 Å². The molecule has 0 saturated heterocycles. The Bertz CT molecular complexity index is 1120. The van der Waals surface area contributed by atoms with Gasteiger partial charge in [-0.2, -0.15) is 0 Å². The summed E-state index contributed by atoms with van der Waals surface area (Å²) >= 11 is 0. The van der Waals surface area contributed by atoms with Crippen LogP contribution in [0.25, 0.3) is 0 Å². The van der Waals surface area contributed by atoms with E-state index in [4.69, 9.17) is 27.4 Å². The first kappa shape index (κ1) is 43.6. The molecule has 0 radical (unpaired) electrons. The molecule has 0 aromatic rings. The van der Waals surface area contributed by atoms with E-state index in [2.05, 4.69) is 31.9 Å². The third-order valence-corrected chi connectivity index (χ3v) is 7.09. The summed E-state index contributed by atoms with van der Waals surface area (Å²) in [6.45, 7) is 5.98. The molecule has 7 atom stereocenters. The molecule has 0 fully saturated rings. The van der Waals surface area contributed by atoms with Gasteiger partial charge in [0, 0.05) is 6.42 Å². The van der Waals surface area contributed by atoms with Gasteiger partial charge in [0.05, 0.1) is 6.04 Å². The highest BCUT2D eigenvalue weighted by Crippen LogP contribution is 2.06. The van der Waals surface area contributed by atoms with Crippen LogP contribution in [-0.2, 0) is 38.4 Å². The summed E-state index contributed by atoms with van der Waals surface area (Å²) in [4.78, 5) is 99.1. The SMILES string of the molecule is C[C@H](N)C(=O)N[C@@H](CCC(=O)O)C(=O)N[C@@H](C)C(=O)N[C@@H](CCCCN)C(=O)N[C@@H](C)C(=O)N[C@@H](CCCCN)C(=O)N[C@@H](C)C(=O)O. The Hall–Kier alpha value is -4.36. The first-order valence-corrected chi connectivity index (χ1v) is 15.9. The minimum Gasteiger partial charge on any atom is -0.481 e. The summed E-state index contributed by atoms with van der Waals surface area (Å²) in [6.07, 6.45) is 1.50. The molecule has 0 aromatic carbocycles. The van der Waals surface area contributed by atoms with Gasteiger partial charge in [-0.05, 0) is 85.7 Å². The second-order valence-electron chi connectivity index (χ2n) is 11.5. The molecule has 14 N–H and O–H groups in total. The molecule has 0 spiro atoms. The predicted molar refractivity (Wildman–Crippen MR) is 173 cm³/mol. The van der Waals surface area contributed by atoms with Crippen molar-refractivity contribution in [2.75, 3.05) is 13.1 Å². The van der Waals surface area contributed by atoms with Crippen LogP contribution in [0.1, 0.15) is 79.1 Å². The smallest absolute Gasteiger partial charge is 0.325 e. The number of carbonyl (C=O) groups is 8. The highest BCUT2D eigenvalue weighted by molar-refractivity contribution is 5.96. The Morgan fingerprint density at radius 3 is 1.19 bits per heavy atom. The van der Waals surface area contributed by atoms with Crippen LogP contribution < -0.4 is 49.1 Å². The topological polar surface area (TPSA) is 327 Å².